The maximum absolute atomic E-state index is 12.5. The molecule has 3 unspecified atom stereocenters. The molecule has 0 aromatic carbocycles. The molecule has 19 heavy (non-hydrogen) atoms. The minimum absolute atomic E-state index is 0.175. The lowest BCUT2D eigenvalue weighted by Crippen LogP contribution is -2.49. The molecule has 1 N–H and O–H groups in total. The smallest absolute Gasteiger partial charge is 0.332 e. The predicted molar refractivity (Wildman–Crippen MR) is 65.5 cm³/mol. The van der Waals surface area contributed by atoms with Gasteiger partial charge in [-0.2, -0.15) is 13.2 Å². The van der Waals surface area contributed by atoms with Crippen molar-refractivity contribution in [2.45, 2.75) is 44.8 Å². The van der Waals surface area contributed by atoms with E-state index in [-0.39, 0.29) is 18.4 Å². The number of amides is 1. The number of fused-ring (bicyclic) bond motifs is 1. The molecule has 1 aliphatic carbocycles. The summed E-state index contributed by atoms with van der Waals surface area (Å²) in [5.41, 5.74) is 0. The van der Waals surface area contributed by atoms with E-state index in [1.54, 1.807) is 6.92 Å². The largest absolute Gasteiger partial charge is 0.406 e. The number of nitrogens with one attached hydrogen (secondary N) is 1. The Balaban J connectivity index is 2.02. The summed E-state index contributed by atoms with van der Waals surface area (Å²) in [6.45, 7) is 1.60. The van der Waals surface area contributed by atoms with E-state index < -0.39 is 18.8 Å². The zero-order chi connectivity index (χ0) is 14.0. The minimum atomic E-state index is -4.32. The number of rotatable bonds is 4. The summed E-state index contributed by atoms with van der Waals surface area (Å²) in [6, 6.07) is -0.401. The molecule has 1 saturated heterocycles. The lowest BCUT2D eigenvalue weighted by molar-refractivity contribution is -0.163. The predicted octanol–water partition coefficient (Wildman–Crippen LogP) is 2.18. The van der Waals surface area contributed by atoms with Crippen molar-refractivity contribution in [3.05, 3.63) is 0 Å². The Labute approximate surface area is 111 Å². The highest BCUT2D eigenvalue weighted by Gasteiger charge is 2.45. The second kappa shape index (κ2) is 5.69. The van der Waals surface area contributed by atoms with E-state index in [2.05, 4.69) is 5.32 Å². The van der Waals surface area contributed by atoms with Crippen LogP contribution in [0.3, 0.4) is 0 Å². The summed E-state index contributed by atoms with van der Waals surface area (Å²) >= 11 is 0. The van der Waals surface area contributed by atoms with E-state index in [1.807, 2.05) is 0 Å². The van der Waals surface area contributed by atoms with Gasteiger partial charge >= 0.3 is 6.18 Å². The van der Waals surface area contributed by atoms with Crippen LogP contribution in [-0.2, 0) is 4.79 Å². The van der Waals surface area contributed by atoms with Gasteiger partial charge in [0.2, 0.25) is 5.91 Å². The first kappa shape index (κ1) is 14.6. The highest BCUT2D eigenvalue weighted by atomic mass is 19.4. The molecule has 1 amide bonds. The summed E-state index contributed by atoms with van der Waals surface area (Å²) < 4.78 is 37.6. The normalized spacial score (nSPS) is 30.4. The Morgan fingerprint density at radius 3 is 2.74 bits per heavy atom. The minimum Gasteiger partial charge on any atom is -0.332 e. The number of carbonyl (C=O) groups excluding carboxylic acids is 1. The van der Waals surface area contributed by atoms with E-state index in [0.717, 1.165) is 30.7 Å². The quantitative estimate of drug-likeness (QED) is 0.855. The third kappa shape index (κ3) is 3.41. The molecule has 3 nitrogen and oxygen atoms in total. The van der Waals surface area contributed by atoms with Gasteiger partial charge < -0.3 is 10.2 Å². The molecule has 110 valence electrons. The summed E-state index contributed by atoms with van der Waals surface area (Å²) in [6.07, 6.45) is -0.635. The average Bonchev–Trinajstić information content (AvgIpc) is 2.87. The molecular weight excluding hydrogens is 257 g/mol. The number of halogens is 3. The van der Waals surface area contributed by atoms with Crippen molar-refractivity contribution >= 4 is 5.91 Å². The summed E-state index contributed by atoms with van der Waals surface area (Å²) in [7, 11) is 0. The van der Waals surface area contributed by atoms with Crippen molar-refractivity contribution in [1.29, 1.82) is 0 Å². The monoisotopic (exact) mass is 278 g/mol. The van der Waals surface area contributed by atoms with E-state index in [9.17, 15) is 18.0 Å². The molecule has 0 bridgehead atoms. The maximum atomic E-state index is 12.5. The van der Waals surface area contributed by atoms with Crippen LogP contribution in [0.25, 0.3) is 0 Å². The van der Waals surface area contributed by atoms with E-state index in [0.29, 0.717) is 12.3 Å². The Morgan fingerprint density at radius 1 is 1.37 bits per heavy atom. The van der Waals surface area contributed by atoms with Crippen molar-refractivity contribution in [1.82, 2.24) is 10.2 Å². The van der Waals surface area contributed by atoms with Crippen LogP contribution in [-0.4, -0.2) is 42.7 Å². The molecule has 1 heterocycles. The third-order valence-electron chi connectivity index (χ3n) is 4.19. The molecule has 0 spiro atoms. The topological polar surface area (TPSA) is 32.3 Å². The fraction of sp³-hybridized carbons (Fsp3) is 0.923. The number of hydrogen-bond donors (Lipinski definition) is 1. The molecule has 2 rings (SSSR count). The van der Waals surface area contributed by atoms with Crippen molar-refractivity contribution < 1.29 is 18.0 Å². The molecular formula is C13H21F3N2O. The average molecular weight is 278 g/mol. The van der Waals surface area contributed by atoms with Crippen LogP contribution in [0.1, 0.15) is 32.6 Å². The molecule has 3 atom stereocenters. The van der Waals surface area contributed by atoms with Crippen molar-refractivity contribution in [2.75, 3.05) is 19.6 Å². The summed E-state index contributed by atoms with van der Waals surface area (Å²) in [5.74, 6) is 0.344. The summed E-state index contributed by atoms with van der Waals surface area (Å²) in [4.78, 5) is 13.3. The first-order chi connectivity index (χ1) is 8.92. The number of nitrogens with zero attached hydrogens (tertiary/aromatic N) is 1. The zero-order valence-electron chi connectivity index (χ0n) is 11.2. The van der Waals surface area contributed by atoms with Gasteiger partial charge in [-0.1, -0.05) is 13.3 Å². The second-order valence-corrected chi connectivity index (χ2v) is 5.62. The standard InChI is InChI=1S/C13H21F3N2O/c1-2-6-18(8-13(14,15)16)12(19)11-10-5-3-4-9(10)7-17-11/h9-11,17H,2-8H2,1H3. The first-order valence-corrected chi connectivity index (χ1v) is 7.01. The van der Waals surface area contributed by atoms with E-state index in [4.69, 9.17) is 0 Å². The number of carbonyl (C=O) groups is 1. The zero-order valence-corrected chi connectivity index (χ0v) is 11.2. The molecule has 2 aliphatic rings. The Hall–Kier alpha value is -0.780. The van der Waals surface area contributed by atoms with Gasteiger partial charge in [-0.25, -0.2) is 0 Å². The van der Waals surface area contributed by atoms with Gasteiger partial charge in [-0.3, -0.25) is 4.79 Å². The highest BCUT2D eigenvalue weighted by molar-refractivity contribution is 5.82. The Kier molecular flexibility index (Phi) is 4.38. The third-order valence-corrected chi connectivity index (χ3v) is 4.19. The van der Waals surface area contributed by atoms with Gasteiger partial charge in [0.15, 0.2) is 0 Å². The molecule has 2 fully saturated rings. The first-order valence-electron chi connectivity index (χ1n) is 7.01. The van der Waals surface area contributed by atoms with Crippen LogP contribution >= 0.6 is 0 Å². The summed E-state index contributed by atoms with van der Waals surface area (Å²) in [5, 5.41) is 3.12. The van der Waals surface area contributed by atoms with Gasteiger partial charge in [0.25, 0.3) is 0 Å². The molecule has 6 heteroatoms. The number of alkyl halides is 3. The highest BCUT2D eigenvalue weighted by Crippen LogP contribution is 2.38. The molecule has 0 aromatic rings. The van der Waals surface area contributed by atoms with Crippen LogP contribution in [0.4, 0.5) is 13.2 Å². The Bertz CT molecular complexity index is 332. The second-order valence-electron chi connectivity index (χ2n) is 5.62. The van der Waals surface area contributed by atoms with Gasteiger partial charge in [-0.15, -0.1) is 0 Å². The molecule has 1 saturated carbocycles. The molecule has 0 radical (unpaired) electrons. The van der Waals surface area contributed by atoms with Gasteiger partial charge in [-0.05, 0) is 37.6 Å². The van der Waals surface area contributed by atoms with Crippen molar-refractivity contribution in [3.63, 3.8) is 0 Å². The Morgan fingerprint density at radius 2 is 2.11 bits per heavy atom. The van der Waals surface area contributed by atoms with Gasteiger partial charge in [0.1, 0.15) is 6.54 Å². The van der Waals surface area contributed by atoms with Crippen LogP contribution < -0.4 is 5.32 Å². The van der Waals surface area contributed by atoms with E-state index in [1.165, 1.54) is 0 Å². The number of hydrogen-bond acceptors (Lipinski definition) is 2. The fourth-order valence-electron chi connectivity index (χ4n) is 3.41. The SMILES string of the molecule is CCCN(CC(F)(F)F)C(=O)C1NCC2CCCC21. The van der Waals surface area contributed by atoms with Gasteiger partial charge in [0, 0.05) is 6.54 Å². The molecule has 0 aromatic heterocycles. The lowest BCUT2D eigenvalue weighted by Gasteiger charge is -2.28. The van der Waals surface area contributed by atoms with Gasteiger partial charge in [0.05, 0.1) is 6.04 Å². The van der Waals surface area contributed by atoms with Crippen molar-refractivity contribution in [3.8, 4) is 0 Å². The maximum Gasteiger partial charge on any atom is 0.406 e. The van der Waals surface area contributed by atoms with Crippen LogP contribution in [0.15, 0.2) is 0 Å². The van der Waals surface area contributed by atoms with Crippen molar-refractivity contribution in [2.24, 2.45) is 11.8 Å². The van der Waals surface area contributed by atoms with Crippen LogP contribution in [0.5, 0.6) is 0 Å². The van der Waals surface area contributed by atoms with Crippen LogP contribution in [0, 0.1) is 11.8 Å². The van der Waals surface area contributed by atoms with Crippen LogP contribution in [0.2, 0.25) is 0 Å². The lowest BCUT2D eigenvalue weighted by atomic mass is 9.93. The molecule has 1 aliphatic heterocycles. The van der Waals surface area contributed by atoms with E-state index >= 15 is 0 Å². The fourth-order valence-corrected chi connectivity index (χ4v) is 3.41.